The van der Waals surface area contributed by atoms with Crippen LogP contribution in [0.4, 0.5) is 5.69 Å². The van der Waals surface area contributed by atoms with Crippen LogP contribution in [0.1, 0.15) is 5.56 Å². The van der Waals surface area contributed by atoms with Gasteiger partial charge in [0, 0.05) is 15.1 Å². The third-order valence-electron chi connectivity index (χ3n) is 4.17. The number of rotatable bonds is 7. The summed E-state index contributed by atoms with van der Waals surface area (Å²) in [4.78, 5) is 12.6. The quantitative estimate of drug-likeness (QED) is 0.322. The van der Waals surface area contributed by atoms with Gasteiger partial charge in [0.25, 0.3) is 15.9 Å². The highest BCUT2D eigenvalue weighted by atomic mass is 79.9. The van der Waals surface area contributed by atoms with Crippen LogP contribution < -0.4 is 9.73 Å². The molecule has 166 valence electrons. The first-order chi connectivity index (χ1) is 15.2. The predicted octanol–water partition coefficient (Wildman–Crippen LogP) is 4.81. The van der Waals surface area contributed by atoms with Crippen molar-refractivity contribution in [1.82, 2.24) is 5.43 Å². The fourth-order valence-electron chi connectivity index (χ4n) is 2.69. The first-order valence-electron chi connectivity index (χ1n) is 9.02. The lowest BCUT2D eigenvalue weighted by Crippen LogP contribution is -2.39. The second-order valence-electron chi connectivity index (χ2n) is 6.42. The van der Waals surface area contributed by atoms with Gasteiger partial charge >= 0.3 is 0 Å². The van der Waals surface area contributed by atoms with Gasteiger partial charge in [0.2, 0.25) is 0 Å². The van der Waals surface area contributed by atoms with Gasteiger partial charge in [-0.1, -0.05) is 63.4 Å². The highest BCUT2D eigenvalue weighted by Crippen LogP contribution is 2.30. The van der Waals surface area contributed by atoms with Crippen LogP contribution in [0.25, 0.3) is 0 Å². The van der Waals surface area contributed by atoms with E-state index in [1.165, 1.54) is 24.3 Å². The lowest BCUT2D eigenvalue weighted by Gasteiger charge is -2.23. The van der Waals surface area contributed by atoms with Gasteiger partial charge in [0.15, 0.2) is 0 Å². The number of sulfonamides is 1. The molecule has 0 aromatic heterocycles. The van der Waals surface area contributed by atoms with Gasteiger partial charge in [-0.05, 0) is 42.5 Å². The van der Waals surface area contributed by atoms with E-state index in [-0.39, 0.29) is 26.3 Å². The Morgan fingerprint density at radius 2 is 1.81 bits per heavy atom. The van der Waals surface area contributed by atoms with Gasteiger partial charge in [-0.15, -0.1) is 0 Å². The van der Waals surface area contributed by atoms with Crippen molar-refractivity contribution in [3.05, 3.63) is 86.8 Å². The molecule has 0 aliphatic carbocycles. The largest absolute Gasteiger partial charge is 0.506 e. The summed E-state index contributed by atoms with van der Waals surface area (Å²) >= 11 is 15.1. The smallest absolute Gasteiger partial charge is 0.264 e. The van der Waals surface area contributed by atoms with E-state index >= 15 is 0 Å². The van der Waals surface area contributed by atoms with Gasteiger partial charge in [-0.3, -0.25) is 9.10 Å². The highest BCUT2D eigenvalue weighted by Gasteiger charge is 2.27. The Balaban J connectivity index is 1.85. The molecule has 0 fully saturated rings. The monoisotopic (exact) mass is 555 g/mol. The van der Waals surface area contributed by atoms with Crippen LogP contribution in [0, 0.1) is 0 Å². The number of phenols is 1. The van der Waals surface area contributed by atoms with Gasteiger partial charge in [-0.2, -0.15) is 5.10 Å². The van der Waals surface area contributed by atoms with Gasteiger partial charge in [0.1, 0.15) is 12.3 Å². The van der Waals surface area contributed by atoms with Crippen molar-refractivity contribution in [3.8, 4) is 5.75 Å². The molecule has 3 aromatic carbocycles. The molecule has 32 heavy (non-hydrogen) atoms. The number of amides is 1. The third-order valence-corrected chi connectivity index (χ3v) is 6.95. The Morgan fingerprint density at radius 3 is 2.50 bits per heavy atom. The second-order valence-corrected chi connectivity index (χ2v) is 10.0. The normalized spacial score (nSPS) is 11.5. The molecule has 0 aliphatic heterocycles. The van der Waals surface area contributed by atoms with E-state index in [2.05, 4.69) is 26.5 Å². The first-order valence-corrected chi connectivity index (χ1v) is 12.0. The maximum absolute atomic E-state index is 13.2. The molecule has 0 spiro atoms. The summed E-state index contributed by atoms with van der Waals surface area (Å²) in [6, 6.07) is 17.1. The fraction of sp³-hybridized carbons (Fsp3) is 0.0476. The van der Waals surface area contributed by atoms with E-state index in [0.717, 1.165) is 10.5 Å². The number of anilines is 1. The molecule has 3 rings (SSSR count). The van der Waals surface area contributed by atoms with Crippen LogP contribution >= 0.6 is 39.1 Å². The zero-order valence-corrected chi connectivity index (χ0v) is 20.2. The van der Waals surface area contributed by atoms with Gasteiger partial charge < -0.3 is 5.11 Å². The summed E-state index contributed by atoms with van der Waals surface area (Å²) < 4.78 is 28.1. The highest BCUT2D eigenvalue weighted by molar-refractivity contribution is 9.10. The molecule has 0 heterocycles. The minimum Gasteiger partial charge on any atom is -0.506 e. The number of benzene rings is 3. The average molecular weight is 557 g/mol. The fourth-order valence-corrected chi connectivity index (χ4v) is 5.02. The maximum Gasteiger partial charge on any atom is 0.264 e. The number of hydrogen-bond donors (Lipinski definition) is 2. The summed E-state index contributed by atoms with van der Waals surface area (Å²) in [7, 11) is -4.04. The number of nitrogens with one attached hydrogen (secondary N) is 1. The number of nitrogens with zero attached hydrogens (tertiary/aromatic N) is 2. The number of phenolic OH excluding ortho intramolecular Hbond substituents is 1. The molecule has 0 bridgehead atoms. The summed E-state index contributed by atoms with van der Waals surface area (Å²) in [6.45, 7) is -0.534. The molecule has 0 atom stereocenters. The van der Waals surface area contributed by atoms with Crippen LogP contribution in [0.5, 0.6) is 5.75 Å². The van der Waals surface area contributed by atoms with Crippen LogP contribution in [-0.4, -0.2) is 32.2 Å². The molecule has 7 nitrogen and oxygen atoms in total. The standard InChI is InChI=1S/C21H16BrCl2N3O4S/c22-15-5-4-6-17(10-15)27(32(30,31)18-7-2-1-3-8-18)13-20(28)26-25-12-14-9-16(23)11-19(24)21(14)29/h1-12,29H,13H2,(H,26,28)/b25-12-. The average Bonchev–Trinajstić information content (AvgIpc) is 2.76. The summed E-state index contributed by atoms with van der Waals surface area (Å²) in [5.41, 5.74) is 2.73. The molecule has 3 aromatic rings. The number of hydrazone groups is 1. The van der Waals surface area contributed by atoms with Crippen molar-refractivity contribution in [2.75, 3.05) is 10.8 Å². The number of carbonyl (C=O) groups is 1. The van der Waals surface area contributed by atoms with E-state index in [1.807, 2.05) is 0 Å². The third kappa shape index (κ3) is 5.80. The van der Waals surface area contributed by atoms with Crippen LogP contribution in [0.3, 0.4) is 0 Å². The molecule has 0 unspecified atom stereocenters. The second kappa shape index (κ2) is 10.4. The van der Waals surface area contributed by atoms with Crippen LogP contribution in [-0.2, 0) is 14.8 Å². The van der Waals surface area contributed by atoms with E-state index in [9.17, 15) is 18.3 Å². The zero-order chi connectivity index (χ0) is 23.3. The molecule has 11 heteroatoms. The van der Waals surface area contributed by atoms with Crippen molar-refractivity contribution < 1.29 is 18.3 Å². The Bertz CT molecular complexity index is 1270. The van der Waals surface area contributed by atoms with E-state index < -0.39 is 22.5 Å². The Kier molecular flexibility index (Phi) is 7.78. The van der Waals surface area contributed by atoms with Crippen molar-refractivity contribution in [2.45, 2.75) is 4.90 Å². The van der Waals surface area contributed by atoms with E-state index in [4.69, 9.17) is 23.2 Å². The van der Waals surface area contributed by atoms with Gasteiger partial charge in [-0.25, -0.2) is 13.8 Å². The van der Waals surface area contributed by atoms with Crippen LogP contribution in [0.15, 0.2) is 81.2 Å². The first kappa shape index (κ1) is 24.1. The van der Waals surface area contributed by atoms with E-state index in [1.54, 1.807) is 42.5 Å². The lowest BCUT2D eigenvalue weighted by molar-refractivity contribution is -0.119. The molecular weight excluding hydrogens is 541 g/mol. The van der Waals surface area contributed by atoms with Crippen molar-refractivity contribution in [1.29, 1.82) is 0 Å². The van der Waals surface area contributed by atoms with Crippen molar-refractivity contribution >= 4 is 67.0 Å². The Hall–Kier alpha value is -2.59. The van der Waals surface area contributed by atoms with Crippen molar-refractivity contribution in [3.63, 3.8) is 0 Å². The topological polar surface area (TPSA) is 99.1 Å². The lowest BCUT2D eigenvalue weighted by atomic mass is 10.2. The van der Waals surface area contributed by atoms with Crippen molar-refractivity contribution in [2.24, 2.45) is 5.10 Å². The molecule has 1 amide bonds. The van der Waals surface area contributed by atoms with E-state index in [0.29, 0.717) is 10.2 Å². The molecular formula is C21H16BrCl2N3O4S. The molecule has 0 radical (unpaired) electrons. The zero-order valence-electron chi connectivity index (χ0n) is 16.2. The minimum absolute atomic E-state index is 0.0278. The van der Waals surface area contributed by atoms with Crippen LogP contribution in [0.2, 0.25) is 10.0 Å². The molecule has 0 saturated heterocycles. The number of aromatic hydroxyl groups is 1. The Labute approximate surface area is 203 Å². The summed E-state index contributed by atoms with van der Waals surface area (Å²) in [5.74, 6) is -0.954. The summed E-state index contributed by atoms with van der Waals surface area (Å²) in [5, 5.41) is 14.0. The van der Waals surface area contributed by atoms with Gasteiger partial charge in [0.05, 0.1) is 21.8 Å². The maximum atomic E-state index is 13.2. The minimum atomic E-state index is -4.04. The number of halogens is 3. The number of carbonyl (C=O) groups excluding carboxylic acids is 1. The molecule has 0 aliphatic rings. The predicted molar refractivity (Wildman–Crippen MR) is 129 cm³/mol. The SMILES string of the molecule is O=C(CN(c1cccc(Br)c1)S(=O)(=O)c1ccccc1)N/N=C\c1cc(Cl)cc(Cl)c1O. The summed E-state index contributed by atoms with van der Waals surface area (Å²) in [6.07, 6.45) is 1.15. The molecule has 2 N–H and O–H groups in total. The Morgan fingerprint density at radius 1 is 1.09 bits per heavy atom. The molecule has 0 saturated carbocycles. The number of hydrogen-bond acceptors (Lipinski definition) is 5.